The minimum atomic E-state index is -0.943. The zero-order valence-electron chi connectivity index (χ0n) is 15.5. The smallest absolute Gasteiger partial charge is 0.278 e. The van der Waals surface area contributed by atoms with Gasteiger partial charge in [-0.3, -0.25) is 9.36 Å². The Labute approximate surface area is 170 Å². The number of pyridine rings is 1. The first-order valence-corrected chi connectivity index (χ1v) is 9.11. The molecule has 2 aromatic carbocycles. The molecule has 8 heteroatoms. The van der Waals surface area contributed by atoms with E-state index in [0.29, 0.717) is 16.8 Å². The Morgan fingerprint density at radius 2 is 1.86 bits per heavy atom. The molecule has 0 amide bonds. The maximum atomic E-state index is 14.4. The summed E-state index contributed by atoms with van der Waals surface area (Å²) in [6.45, 7) is 0.735. The summed E-state index contributed by atoms with van der Waals surface area (Å²) in [6.07, 6.45) is 0. The summed E-state index contributed by atoms with van der Waals surface area (Å²) < 4.78 is 47.7. The highest BCUT2D eigenvalue weighted by atomic mass is 35.5. The molecule has 2 N–H and O–H groups in total. The second-order valence-corrected chi connectivity index (χ2v) is 6.77. The van der Waals surface area contributed by atoms with Crippen molar-refractivity contribution in [3.8, 4) is 11.4 Å². The molecule has 4 nitrogen and oxygen atoms in total. The summed E-state index contributed by atoms with van der Waals surface area (Å²) in [5.41, 5.74) is 6.24. The molecule has 0 aliphatic carbocycles. The number of aromatic nitrogens is 1. The predicted octanol–water partition coefficient (Wildman–Crippen LogP) is 4.58. The van der Waals surface area contributed by atoms with Crippen LogP contribution in [-0.4, -0.2) is 4.57 Å². The molecule has 0 bridgehead atoms. The van der Waals surface area contributed by atoms with Gasteiger partial charge in [0.1, 0.15) is 35.7 Å². The summed E-state index contributed by atoms with van der Waals surface area (Å²) >= 11 is 6.17. The van der Waals surface area contributed by atoms with Crippen LogP contribution in [0.15, 0.2) is 47.3 Å². The van der Waals surface area contributed by atoms with Gasteiger partial charge in [-0.2, -0.15) is 0 Å². The van der Waals surface area contributed by atoms with Crippen LogP contribution in [0.3, 0.4) is 0 Å². The Kier molecular flexibility index (Phi) is 6.30. The molecule has 0 saturated carbocycles. The van der Waals surface area contributed by atoms with Crippen LogP contribution >= 0.6 is 11.6 Å². The summed E-state index contributed by atoms with van der Waals surface area (Å²) in [4.78, 5) is 12.8. The topological polar surface area (TPSA) is 57.2 Å². The Hall–Kier alpha value is -2.77. The third-order valence-electron chi connectivity index (χ3n) is 4.51. The standard InChI is InChI=1S/C21H18ClF3N2O2/c1-12-7-18(29-11-14-5-6-16(24)8-15(14)10-26)19(22)21(28)27(12)20-13(9-23)3-2-4-17(20)25/h2-8H,9-11,26H2,1H3. The molecular weight excluding hydrogens is 405 g/mol. The minimum absolute atomic E-state index is 0.00482. The first-order chi connectivity index (χ1) is 13.9. The van der Waals surface area contributed by atoms with E-state index in [-0.39, 0.29) is 35.2 Å². The van der Waals surface area contributed by atoms with Crippen molar-refractivity contribution >= 4 is 11.6 Å². The van der Waals surface area contributed by atoms with Crippen LogP contribution in [0.5, 0.6) is 5.75 Å². The molecule has 29 heavy (non-hydrogen) atoms. The number of rotatable bonds is 6. The van der Waals surface area contributed by atoms with Crippen molar-refractivity contribution in [1.82, 2.24) is 4.57 Å². The number of ether oxygens (including phenoxy) is 1. The second-order valence-electron chi connectivity index (χ2n) is 6.39. The second kappa shape index (κ2) is 8.71. The van der Waals surface area contributed by atoms with Crippen molar-refractivity contribution in [2.75, 3.05) is 0 Å². The van der Waals surface area contributed by atoms with Crippen LogP contribution in [0.25, 0.3) is 5.69 Å². The van der Waals surface area contributed by atoms with E-state index in [2.05, 4.69) is 0 Å². The van der Waals surface area contributed by atoms with E-state index in [1.54, 1.807) is 6.92 Å². The molecule has 0 atom stereocenters. The third kappa shape index (κ3) is 4.16. The average molecular weight is 423 g/mol. The van der Waals surface area contributed by atoms with Gasteiger partial charge in [0.2, 0.25) is 0 Å². The quantitative estimate of drug-likeness (QED) is 0.632. The van der Waals surface area contributed by atoms with E-state index in [1.165, 1.54) is 36.4 Å². The van der Waals surface area contributed by atoms with E-state index in [0.717, 1.165) is 10.6 Å². The van der Waals surface area contributed by atoms with Gasteiger partial charge in [-0.15, -0.1) is 0 Å². The third-order valence-corrected chi connectivity index (χ3v) is 4.86. The van der Waals surface area contributed by atoms with Gasteiger partial charge in [0, 0.05) is 23.9 Å². The summed E-state index contributed by atoms with van der Waals surface area (Å²) in [7, 11) is 0. The lowest BCUT2D eigenvalue weighted by molar-refractivity contribution is 0.303. The van der Waals surface area contributed by atoms with Crippen molar-refractivity contribution in [2.24, 2.45) is 5.73 Å². The number of nitrogens with two attached hydrogens (primary N) is 1. The molecule has 152 valence electrons. The highest BCUT2D eigenvalue weighted by molar-refractivity contribution is 6.31. The zero-order chi connectivity index (χ0) is 21.1. The van der Waals surface area contributed by atoms with E-state index < -0.39 is 23.9 Å². The maximum absolute atomic E-state index is 14.4. The van der Waals surface area contributed by atoms with Crippen molar-refractivity contribution in [3.05, 3.63) is 91.9 Å². The van der Waals surface area contributed by atoms with Gasteiger partial charge >= 0.3 is 0 Å². The number of aryl methyl sites for hydroxylation is 1. The fraction of sp³-hybridized carbons (Fsp3) is 0.190. The number of nitrogens with zero attached hydrogens (tertiary/aromatic N) is 1. The summed E-state index contributed by atoms with van der Waals surface area (Å²) in [6, 6.07) is 9.48. The summed E-state index contributed by atoms with van der Waals surface area (Å²) in [5, 5.41) is -0.278. The Morgan fingerprint density at radius 1 is 1.10 bits per heavy atom. The molecule has 0 fully saturated rings. The molecule has 0 aliphatic heterocycles. The van der Waals surface area contributed by atoms with Gasteiger partial charge in [0.15, 0.2) is 0 Å². The zero-order valence-corrected chi connectivity index (χ0v) is 16.3. The Bertz CT molecular complexity index is 1120. The van der Waals surface area contributed by atoms with E-state index in [1.807, 2.05) is 0 Å². The minimum Gasteiger partial charge on any atom is -0.487 e. The highest BCUT2D eigenvalue weighted by Gasteiger charge is 2.19. The molecule has 3 aromatic rings. The van der Waals surface area contributed by atoms with E-state index in [4.69, 9.17) is 22.1 Å². The van der Waals surface area contributed by atoms with E-state index in [9.17, 15) is 18.0 Å². The average Bonchev–Trinajstić information content (AvgIpc) is 2.71. The first-order valence-electron chi connectivity index (χ1n) is 8.73. The molecule has 3 rings (SSSR count). The van der Waals surface area contributed by atoms with Crippen molar-refractivity contribution < 1.29 is 17.9 Å². The molecule has 0 aliphatic rings. The van der Waals surface area contributed by atoms with Crippen LogP contribution in [0.4, 0.5) is 13.2 Å². The molecule has 0 spiro atoms. The van der Waals surface area contributed by atoms with Crippen LogP contribution in [0.2, 0.25) is 5.02 Å². The predicted molar refractivity (Wildman–Crippen MR) is 105 cm³/mol. The number of hydrogen-bond acceptors (Lipinski definition) is 3. The van der Waals surface area contributed by atoms with Crippen molar-refractivity contribution in [3.63, 3.8) is 0 Å². The largest absolute Gasteiger partial charge is 0.487 e. The van der Waals surface area contributed by atoms with Gasteiger partial charge in [-0.25, -0.2) is 13.2 Å². The van der Waals surface area contributed by atoms with Gasteiger partial charge in [0.05, 0.1) is 5.69 Å². The van der Waals surface area contributed by atoms with Crippen LogP contribution in [-0.2, 0) is 19.8 Å². The Morgan fingerprint density at radius 3 is 2.55 bits per heavy atom. The highest BCUT2D eigenvalue weighted by Crippen LogP contribution is 2.27. The normalized spacial score (nSPS) is 11.0. The molecule has 1 aromatic heterocycles. The first kappa shape index (κ1) is 21.0. The summed E-state index contributed by atoms with van der Waals surface area (Å²) in [5.74, 6) is -1.08. The molecular formula is C21H18ClF3N2O2. The maximum Gasteiger partial charge on any atom is 0.278 e. The van der Waals surface area contributed by atoms with Gasteiger partial charge < -0.3 is 10.5 Å². The van der Waals surface area contributed by atoms with E-state index >= 15 is 0 Å². The van der Waals surface area contributed by atoms with Crippen molar-refractivity contribution in [1.29, 1.82) is 0 Å². The molecule has 0 radical (unpaired) electrons. The van der Waals surface area contributed by atoms with Crippen LogP contribution < -0.4 is 16.0 Å². The number of benzene rings is 2. The number of halogens is 4. The SMILES string of the molecule is Cc1cc(OCc2ccc(F)cc2CN)c(Cl)c(=O)n1-c1c(F)cccc1CF. The lowest BCUT2D eigenvalue weighted by Crippen LogP contribution is -2.24. The van der Waals surface area contributed by atoms with Gasteiger partial charge in [-0.05, 0) is 36.2 Å². The monoisotopic (exact) mass is 422 g/mol. The Balaban J connectivity index is 2.00. The fourth-order valence-corrected chi connectivity index (χ4v) is 3.26. The van der Waals surface area contributed by atoms with Crippen LogP contribution in [0, 0.1) is 18.6 Å². The number of hydrogen-bond donors (Lipinski definition) is 1. The molecule has 1 heterocycles. The molecule has 0 saturated heterocycles. The van der Waals surface area contributed by atoms with Crippen LogP contribution in [0.1, 0.15) is 22.4 Å². The van der Waals surface area contributed by atoms with Crippen molar-refractivity contribution in [2.45, 2.75) is 26.7 Å². The fourth-order valence-electron chi connectivity index (χ4n) is 3.06. The number of alkyl halides is 1. The molecule has 0 unspecified atom stereocenters. The number of para-hydroxylation sites is 1. The lowest BCUT2D eigenvalue weighted by atomic mass is 10.1. The van der Waals surface area contributed by atoms with Gasteiger partial charge in [-0.1, -0.05) is 29.8 Å². The lowest BCUT2D eigenvalue weighted by Gasteiger charge is -2.17. The van der Waals surface area contributed by atoms with Gasteiger partial charge in [0.25, 0.3) is 5.56 Å².